The van der Waals surface area contributed by atoms with Crippen molar-refractivity contribution in [2.45, 2.75) is 0 Å². The van der Waals surface area contributed by atoms with E-state index < -0.39 is 5.97 Å². The van der Waals surface area contributed by atoms with Gasteiger partial charge in [0.05, 0.1) is 6.20 Å². The van der Waals surface area contributed by atoms with Crippen molar-refractivity contribution in [3.8, 4) is 11.5 Å². The minimum Gasteiger partial charge on any atom is -0.476 e. The summed E-state index contributed by atoms with van der Waals surface area (Å²) in [4.78, 5) is 14.1. The van der Waals surface area contributed by atoms with Gasteiger partial charge in [0.1, 0.15) is 5.69 Å². The first kappa shape index (κ1) is 7.53. The van der Waals surface area contributed by atoms with E-state index in [2.05, 4.69) is 15.2 Å². The van der Waals surface area contributed by atoms with Crippen LogP contribution >= 0.6 is 0 Å². The summed E-state index contributed by atoms with van der Waals surface area (Å²) in [6.45, 7) is 0. The fourth-order valence-corrected chi connectivity index (χ4v) is 0.906. The maximum absolute atomic E-state index is 10.5. The number of nitrogens with zero attached hydrogens (tertiary/aromatic N) is 2. The van der Waals surface area contributed by atoms with E-state index in [0.717, 1.165) is 0 Å². The molecule has 0 aliphatic rings. The predicted octanol–water partition coefficient (Wildman–Crippen LogP) is 0.763. The van der Waals surface area contributed by atoms with Gasteiger partial charge in [0.15, 0.2) is 17.8 Å². The molecule has 13 heavy (non-hydrogen) atoms. The van der Waals surface area contributed by atoms with Gasteiger partial charge in [0.2, 0.25) is 0 Å². The second-order valence-electron chi connectivity index (χ2n) is 2.34. The highest BCUT2D eigenvalue weighted by Gasteiger charge is 2.10. The third-order valence-corrected chi connectivity index (χ3v) is 1.49. The van der Waals surface area contributed by atoms with E-state index in [0.29, 0.717) is 11.5 Å². The number of oxazole rings is 1. The van der Waals surface area contributed by atoms with E-state index in [9.17, 15) is 4.79 Å². The summed E-state index contributed by atoms with van der Waals surface area (Å²) in [6, 6.07) is 1.38. The number of carbonyl (C=O) groups is 1. The highest BCUT2D eigenvalue weighted by molar-refractivity contribution is 5.86. The number of carboxylic acids is 1. The minimum absolute atomic E-state index is 0.0496. The highest BCUT2D eigenvalue weighted by Crippen LogP contribution is 2.15. The van der Waals surface area contributed by atoms with Crippen LogP contribution in [-0.4, -0.2) is 26.3 Å². The van der Waals surface area contributed by atoms with Gasteiger partial charge in [-0.1, -0.05) is 0 Å². The number of hydrogen-bond acceptors (Lipinski definition) is 4. The molecule has 0 aliphatic carbocycles. The molecular formula is C7H5N3O3. The maximum atomic E-state index is 10.5. The molecule has 6 nitrogen and oxygen atoms in total. The third kappa shape index (κ3) is 1.28. The molecule has 0 spiro atoms. The SMILES string of the molecule is O=C(O)c1cc(-c2cnco2)[nH]n1. The van der Waals surface area contributed by atoms with Gasteiger partial charge in [-0.3, -0.25) is 5.10 Å². The molecule has 0 unspecified atom stereocenters. The smallest absolute Gasteiger partial charge is 0.356 e. The van der Waals surface area contributed by atoms with Crippen LogP contribution < -0.4 is 0 Å². The summed E-state index contributed by atoms with van der Waals surface area (Å²) < 4.78 is 4.94. The lowest BCUT2D eigenvalue weighted by molar-refractivity contribution is 0.0690. The maximum Gasteiger partial charge on any atom is 0.356 e. The van der Waals surface area contributed by atoms with Crippen LogP contribution in [0.2, 0.25) is 0 Å². The average molecular weight is 179 g/mol. The van der Waals surface area contributed by atoms with Crippen LogP contribution in [0, 0.1) is 0 Å². The summed E-state index contributed by atoms with van der Waals surface area (Å²) in [5, 5.41) is 14.7. The van der Waals surface area contributed by atoms with E-state index in [1.165, 1.54) is 18.7 Å². The van der Waals surface area contributed by atoms with E-state index in [1.807, 2.05) is 0 Å². The Morgan fingerprint density at radius 3 is 3.00 bits per heavy atom. The zero-order valence-corrected chi connectivity index (χ0v) is 6.39. The molecule has 2 aromatic rings. The first-order valence-corrected chi connectivity index (χ1v) is 3.45. The van der Waals surface area contributed by atoms with Gasteiger partial charge < -0.3 is 9.52 Å². The molecule has 0 aliphatic heterocycles. The van der Waals surface area contributed by atoms with Crippen LogP contribution in [0.4, 0.5) is 0 Å². The Morgan fingerprint density at radius 1 is 1.62 bits per heavy atom. The Kier molecular flexibility index (Phi) is 1.59. The standard InChI is InChI=1S/C7H5N3O3/c11-7(12)5-1-4(9-10-5)6-2-8-3-13-6/h1-3H,(H,9,10)(H,11,12). The van der Waals surface area contributed by atoms with Gasteiger partial charge in [0, 0.05) is 6.07 Å². The molecule has 0 aromatic carbocycles. The van der Waals surface area contributed by atoms with Crippen molar-refractivity contribution < 1.29 is 14.3 Å². The van der Waals surface area contributed by atoms with Gasteiger partial charge >= 0.3 is 5.97 Å². The molecular weight excluding hydrogens is 174 g/mol. The van der Waals surface area contributed by atoms with Crippen LogP contribution in [0.15, 0.2) is 23.1 Å². The molecule has 0 radical (unpaired) electrons. The number of rotatable bonds is 2. The van der Waals surface area contributed by atoms with Gasteiger partial charge in [-0.15, -0.1) is 0 Å². The van der Waals surface area contributed by atoms with Gasteiger partial charge in [-0.05, 0) is 0 Å². The topological polar surface area (TPSA) is 92.0 Å². The summed E-state index contributed by atoms with van der Waals surface area (Å²) >= 11 is 0. The number of carboxylic acid groups (broad SMARTS) is 1. The number of aromatic nitrogens is 3. The average Bonchev–Trinajstić information content (AvgIpc) is 2.75. The Balaban J connectivity index is 2.39. The lowest BCUT2D eigenvalue weighted by atomic mass is 10.3. The van der Waals surface area contributed by atoms with E-state index >= 15 is 0 Å². The molecule has 66 valence electrons. The second-order valence-corrected chi connectivity index (χ2v) is 2.34. The summed E-state index contributed by atoms with van der Waals surface area (Å²) in [5.74, 6) is -0.623. The van der Waals surface area contributed by atoms with Gasteiger partial charge in [-0.2, -0.15) is 5.10 Å². The van der Waals surface area contributed by atoms with Crippen molar-refractivity contribution in [1.29, 1.82) is 0 Å². The highest BCUT2D eigenvalue weighted by atomic mass is 16.4. The van der Waals surface area contributed by atoms with Crippen molar-refractivity contribution in [3.63, 3.8) is 0 Å². The van der Waals surface area contributed by atoms with Crippen LogP contribution in [0.1, 0.15) is 10.5 Å². The van der Waals surface area contributed by atoms with Crippen molar-refractivity contribution in [2.24, 2.45) is 0 Å². The first-order valence-electron chi connectivity index (χ1n) is 3.45. The second kappa shape index (κ2) is 2.74. The number of H-pyrrole nitrogens is 1. The van der Waals surface area contributed by atoms with E-state index in [-0.39, 0.29) is 5.69 Å². The molecule has 2 aromatic heterocycles. The van der Waals surface area contributed by atoms with Crippen molar-refractivity contribution in [2.75, 3.05) is 0 Å². The van der Waals surface area contributed by atoms with Crippen molar-refractivity contribution >= 4 is 5.97 Å². The number of aromatic carboxylic acids is 1. The third-order valence-electron chi connectivity index (χ3n) is 1.49. The molecule has 0 amide bonds. The molecule has 0 atom stereocenters. The molecule has 0 fully saturated rings. The van der Waals surface area contributed by atoms with Crippen molar-refractivity contribution in [3.05, 3.63) is 24.4 Å². The monoisotopic (exact) mass is 179 g/mol. The van der Waals surface area contributed by atoms with Crippen LogP contribution in [0.3, 0.4) is 0 Å². The summed E-state index contributed by atoms with van der Waals surface area (Å²) in [6.07, 6.45) is 2.73. The minimum atomic E-state index is -1.08. The molecule has 2 rings (SSSR count). The summed E-state index contributed by atoms with van der Waals surface area (Å²) in [5.41, 5.74) is 0.446. The molecule has 2 heterocycles. The van der Waals surface area contributed by atoms with Gasteiger partial charge in [-0.25, -0.2) is 9.78 Å². The summed E-state index contributed by atoms with van der Waals surface area (Å²) in [7, 11) is 0. The molecule has 2 N–H and O–H groups in total. The van der Waals surface area contributed by atoms with Crippen LogP contribution in [0.25, 0.3) is 11.5 Å². The Bertz CT molecular complexity index is 418. The molecule has 0 saturated heterocycles. The zero-order chi connectivity index (χ0) is 9.26. The van der Waals surface area contributed by atoms with E-state index in [4.69, 9.17) is 9.52 Å². The lowest BCUT2D eigenvalue weighted by Crippen LogP contribution is -1.95. The van der Waals surface area contributed by atoms with Crippen molar-refractivity contribution in [1.82, 2.24) is 15.2 Å². The number of nitrogens with one attached hydrogen (secondary N) is 1. The number of hydrogen-bond donors (Lipinski definition) is 2. The van der Waals surface area contributed by atoms with Gasteiger partial charge in [0.25, 0.3) is 0 Å². The Labute approximate surface area is 72.2 Å². The fourth-order valence-electron chi connectivity index (χ4n) is 0.906. The molecule has 6 heteroatoms. The lowest BCUT2D eigenvalue weighted by Gasteiger charge is -1.84. The first-order chi connectivity index (χ1) is 6.27. The predicted molar refractivity (Wildman–Crippen MR) is 41.0 cm³/mol. The molecule has 0 saturated carbocycles. The Hall–Kier alpha value is -2.11. The quantitative estimate of drug-likeness (QED) is 0.710. The van der Waals surface area contributed by atoms with Crippen LogP contribution in [0.5, 0.6) is 0 Å². The van der Waals surface area contributed by atoms with Crippen LogP contribution in [-0.2, 0) is 0 Å². The number of aromatic amines is 1. The molecule has 0 bridgehead atoms. The fraction of sp³-hybridized carbons (Fsp3) is 0. The Morgan fingerprint density at radius 2 is 2.46 bits per heavy atom. The largest absolute Gasteiger partial charge is 0.476 e. The normalized spacial score (nSPS) is 10.2. The van der Waals surface area contributed by atoms with E-state index in [1.54, 1.807) is 0 Å². The zero-order valence-electron chi connectivity index (χ0n) is 6.39.